The van der Waals surface area contributed by atoms with Crippen LogP contribution in [0.25, 0.3) is 32.3 Å². The van der Waals surface area contributed by atoms with Crippen molar-refractivity contribution in [1.29, 1.82) is 0 Å². The van der Waals surface area contributed by atoms with Crippen molar-refractivity contribution >= 4 is 32.3 Å². The molecule has 4 aromatic rings. The second-order valence-electron chi connectivity index (χ2n) is 5.95. The summed E-state index contributed by atoms with van der Waals surface area (Å²) in [7, 11) is 0. The van der Waals surface area contributed by atoms with Crippen molar-refractivity contribution in [3.8, 4) is 0 Å². The van der Waals surface area contributed by atoms with Gasteiger partial charge in [0.25, 0.3) is 0 Å². The van der Waals surface area contributed by atoms with Crippen LogP contribution in [0.4, 0.5) is 0 Å². The fraction of sp³-hybridized carbons (Fsp3) is 0.200. The lowest BCUT2D eigenvalue weighted by atomic mass is 9.78. The molecular weight excluding hydrogens is 304 g/mol. The van der Waals surface area contributed by atoms with Gasteiger partial charge in [-0.15, -0.1) is 0 Å². The highest BCUT2D eigenvalue weighted by Crippen LogP contribution is 2.45. The Labute approximate surface area is 148 Å². The molecule has 4 nitrogen and oxygen atoms in total. The summed E-state index contributed by atoms with van der Waals surface area (Å²) in [6.07, 6.45) is -7.37. The molecule has 0 aliphatic heterocycles. The van der Waals surface area contributed by atoms with E-state index in [1.807, 2.05) is 0 Å². The molecule has 4 atom stereocenters. The van der Waals surface area contributed by atoms with Gasteiger partial charge in [0.1, 0.15) is 24.4 Å². The minimum absolute atomic E-state index is 0.0263. The van der Waals surface area contributed by atoms with Crippen molar-refractivity contribution in [2.24, 2.45) is 0 Å². The molecule has 24 heavy (non-hydrogen) atoms. The summed E-state index contributed by atoms with van der Waals surface area (Å²) in [5, 5.41) is 40.9. The van der Waals surface area contributed by atoms with Crippen LogP contribution in [-0.2, 0) is 0 Å². The Morgan fingerprint density at radius 3 is 2.08 bits per heavy atom. The highest BCUT2D eigenvalue weighted by molar-refractivity contribution is 6.23. The van der Waals surface area contributed by atoms with E-state index in [0.29, 0.717) is 0 Å². The minimum Gasteiger partial charge on any atom is -0.387 e. The van der Waals surface area contributed by atoms with Crippen LogP contribution in [0.15, 0.2) is 48.3 Å². The molecule has 0 radical (unpaired) electrons. The highest BCUT2D eigenvalue weighted by Gasteiger charge is 2.41. The molecule has 4 heteroatoms. The summed E-state index contributed by atoms with van der Waals surface area (Å²) in [6.45, 7) is 0. The van der Waals surface area contributed by atoms with Gasteiger partial charge in [-0.2, -0.15) is 0 Å². The van der Waals surface area contributed by atoms with E-state index in [1.54, 1.807) is 0 Å². The lowest BCUT2D eigenvalue weighted by molar-refractivity contribution is -0.119. The van der Waals surface area contributed by atoms with E-state index >= 15 is 0 Å². The van der Waals surface area contributed by atoms with Gasteiger partial charge in [0, 0.05) is 0 Å². The van der Waals surface area contributed by atoms with Crippen LogP contribution in [0.2, 0.25) is 0 Å². The lowest BCUT2D eigenvalue weighted by Gasteiger charge is -2.35. The first-order valence-electron chi connectivity index (χ1n) is 11.4. The van der Waals surface area contributed by atoms with E-state index < -0.39 is 72.8 Å². The second-order valence-corrected chi connectivity index (χ2v) is 5.95. The Bertz CT molecular complexity index is 1460. The van der Waals surface area contributed by atoms with E-state index in [9.17, 15) is 20.4 Å². The zero-order chi connectivity index (χ0) is 23.5. The second kappa shape index (κ2) is 4.65. The van der Waals surface area contributed by atoms with Crippen LogP contribution >= 0.6 is 0 Å². The molecule has 0 fully saturated rings. The fourth-order valence-corrected chi connectivity index (χ4v) is 3.48. The van der Waals surface area contributed by atoms with Crippen molar-refractivity contribution in [2.75, 3.05) is 0 Å². The molecule has 0 bridgehead atoms. The maximum atomic E-state index is 10.7. The summed E-state index contributed by atoms with van der Waals surface area (Å²) < 4.78 is 67.2. The van der Waals surface area contributed by atoms with Crippen LogP contribution in [0.5, 0.6) is 0 Å². The molecule has 5 rings (SSSR count). The normalized spacial score (nSPS) is 31.8. The summed E-state index contributed by atoms with van der Waals surface area (Å²) in [5.41, 5.74) is -0.569. The number of aliphatic hydroxyl groups excluding tert-OH is 4. The van der Waals surface area contributed by atoms with Crippen LogP contribution in [-0.4, -0.2) is 32.6 Å². The van der Waals surface area contributed by atoms with Gasteiger partial charge in [-0.3, -0.25) is 0 Å². The zero-order valence-corrected chi connectivity index (χ0v) is 12.1. The molecular formula is C20H16O4. The van der Waals surface area contributed by atoms with Gasteiger partial charge in [0.2, 0.25) is 0 Å². The number of hydrogen-bond acceptors (Lipinski definition) is 4. The SMILES string of the molecule is [2H]c1c([2H])c2c([2H])c([2H])c3c([2H])c4c(c5c([2H])c([2H])c(c1[2H])c2c35)[C@@H](O)[C@H](O)[C@@H](O)[C@@H]4O. The number of benzene rings is 4. The summed E-state index contributed by atoms with van der Waals surface area (Å²) in [6, 6.07) is -4.20. The number of rotatable bonds is 0. The topological polar surface area (TPSA) is 80.9 Å². The smallest absolute Gasteiger partial charge is 0.113 e. The average Bonchev–Trinajstić information content (AvgIpc) is 2.75. The number of hydrogen-bond donors (Lipinski definition) is 4. The van der Waals surface area contributed by atoms with E-state index in [-0.39, 0.29) is 43.4 Å². The molecule has 1 aliphatic rings. The van der Waals surface area contributed by atoms with Crippen LogP contribution in [0.3, 0.4) is 0 Å². The summed E-state index contributed by atoms with van der Waals surface area (Å²) in [5.74, 6) is 0. The van der Waals surface area contributed by atoms with Crippen LogP contribution in [0.1, 0.15) is 34.3 Å². The van der Waals surface area contributed by atoms with Crippen LogP contribution < -0.4 is 0 Å². The van der Waals surface area contributed by atoms with Gasteiger partial charge in [-0.1, -0.05) is 42.3 Å². The maximum Gasteiger partial charge on any atom is 0.113 e. The molecule has 0 unspecified atom stereocenters. The molecule has 120 valence electrons. The lowest BCUT2D eigenvalue weighted by Crippen LogP contribution is -2.41. The van der Waals surface area contributed by atoms with Gasteiger partial charge >= 0.3 is 0 Å². The number of fused-ring (bicyclic) bond motifs is 2. The monoisotopic (exact) mass is 328 g/mol. The van der Waals surface area contributed by atoms with Crippen molar-refractivity contribution in [1.82, 2.24) is 0 Å². The Morgan fingerprint density at radius 2 is 1.33 bits per heavy atom. The van der Waals surface area contributed by atoms with Gasteiger partial charge in [-0.25, -0.2) is 0 Å². The highest BCUT2D eigenvalue weighted by atomic mass is 16.4. The molecule has 0 spiro atoms. The van der Waals surface area contributed by atoms with Crippen molar-refractivity contribution in [3.63, 3.8) is 0 Å². The van der Waals surface area contributed by atoms with Gasteiger partial charge < -0.3 is 20.4 Å². The van der Waals surface area contributed by atoms with E-state index in [4.69, 9.17) is 11.0 Å². The summed E-state index contributed by atoms with van der Waals surface area (Å²) >= 11 is 0. The number of aliphatic hydroxyl groups is 4. The quantitative estimate of drug-likeness (QED) is 0.374. The van der Waals surface area contributed by atoms with Crippen molar-refractivity contribution < 1.29 is 31.4 Å². The van der Waals surface area contributed by atoms with Crippen molar-refractivity contribution in [2.45, 2.75) is 24.4 Å². The van der Waals surface area contributed by atoms with E-state index in [1.165, 1.54) is 0 Å². The molecule has 0 saturated carbocycles. The molecule has 0 aromatic heterocycles. The maximum absolute atomic E-state index is 10.7. The molecule has 0 saturated heterocycles. The van der Waals surface area contributed by atoms with Gasteiger partial charge in [0.15, 0.2) is 0 Å². The van der Waals surface area contributed by atoms with E-state index in [2.05, 4.69) is 0 Å². The Balaban J connectivity index is 2.24. The third-order valence-corrected chi connectivity index (χ3v) is 4.66. The Kier molecular flexibility index (Phi) is 1.59. The Hall–Kier alpha value is -2.24. The average molecular weight is 328 g/mol. The first-order chi connectivity index (χ1) is 14.9. The molecule has 0 heterocycles. The van der Waals surface area contributed by atoms with Gasteiger partial charge in [-0.05, 0) is 49.5 Å². The standard InChI is InChI=1S/C20H16O4/c21-17-13-8-11-5-4-9-2-1-3-10-6-7-12(15(11)14(9)10)16(13)18(22)20(24)19(17)23/h1-8,17-24H/t17-,18-,19+,20+/m1/s1/i1D,2D,3D,4D,5D,6D,7D,8D. The van der Waals surface area contributed by atoms with Gasteiger partial charge in [0.05, 0.1) is 11.0 Å². The fourth-order valence-electron chi connectivity index (χ4n) is 3.48. The first kappa shape index (κ1) is 8.23. The van der Waals surface area contributed by atoms with E-state index in [0.717, 1.165) is 0 Å². The predicted octanol–water partition coefficient (Wildman–Crippen LogP) is 2.39. The molecule has 1 aliphatic carbocycles. The minimum atomic E-state index is -1.86. The third kappa shape index (κ3) is 1.61. The Morgan fingerprint density at radius 1 is 0.708 bits per heavy atom. The molecule has 0 amide bonds. The zero-order valence-electron chi connectivity index (χ0n) is 20.1. The predicted molar refractivity (Wildman–Crippen MR) is 92.1 cm³/mol. The molecule has 4 aromatic carbocycles. The van der Waals surface area contributed by atoms with Crippen LogP contribution in [0, 0.1) is 0 Å². The summed E-state index contributed by atoms with van der Waals surface area (Å²) in [4.78, 5) is 0. The molecule has 4 N–H and O–H groups in total. The largest absolute Gasteiger partial charge is 0.387 e. The van der Waals surface area contributed by atoms with Crippen molar-refractivity contribution in [3.05, 3.63) is 59.5 Å². The third-order valence-electron chi connectivity index (χ3n) is 4.66. The first-order valence-corrected chi connectivity index (χ1v) is 7.36.